The Labute approximate surface area is 176 Å². The Morgan fingerprint density at radius 1 is 1.00 bits per heavy atom. The van der Waals surface area contributed by atoms with E-state index in [-0.39, 0.29) is 18.2 Å². The minimum absolute atomic E-state index is 0.0758. The van der Waals surface area contributed by atoms with E-state index in [9.17, 15) is 9.59 Å². The summed E-state index contributed by atoms with van der Waals surface area (Å²) >= 11 is 0. The van der Waals surface area contributed by atoms with Crippen LogP contribution in [-0.2, 0) is 9.59 Å². The van der Waals surface area contributed by atoms with Crippen molar-refractivity contribution in [3.8, 4) is 11.5 Å². The Balaban J connectivity index is 1.44. The van der Waals surface area contributed by atoms with Gasteiger partial charge in [0.05, 0.1) is 20.1 Å². The number of nitrogens with zero attached hydrogens (tertiary/aromatic N) is 2. The molecule has 2 amide bonds. The molecule has 1 atom stereocenters. The molecule has 0 spiro atoms. The summed E-state index contributed by atoms with van der Waals surface area (Å²) in [4.78, 5) is 29.4. The van der Waals surface area contributed by atoms with Crippen molar-refractivity contribution in [2.45, 2.75) is 19.3 Å². The lowest BCUT2D eigenvalue weighted by Crippen LogP contribution is -2.28. The Bertz CT molecular complexity index is 940. The highest BCUT2D eigenvalue weighted by molar-refractivity contribution is 6.03. The molecular weight excluding hydrogens is 382 g/mol. The van der Waals surface area contributed by atoms with Crippen LogP contribution in [0.5, 0.6) is 11.5 Å². The molecule has 2 aromatic carbocycles. The molecule has 0 aromatic heterocycles. The highest BCUT2D eigenvalue weighted by atomic mass is 16.5. The van der Waals surface area contributed by atoms with Crippen molar-refractivity contribution in [1.82, 2.24) is 0 Å². The van der Waals surface area contributed by atoms with Crippen LogP contribution in [0.2, 0.25) is 0 Å². The molecular formula is C23H27N3O4. The zero-order valence-electron chi connectivity index (χ0n) is 17.4. The molecule has 1 unspecified atom stereocenters. The standard InChI is InChI=1S/C23H27N3O4/c1-29-20-9-8-19(14-21(20)30-2)26-15-16(12-22(26)27)23(28)24-17-6-5-7-18(13-17)25-10-3-4-11-25/h5-9,13-14,16H,3-4,10-12,15H2,1-2H3,(H,24,28). The number of hydrogen-bond acceptors (Lipinski definition) is 5. The van der Waals surface area contributed by atoms with Crippen LogP contribution in [0.3, 0.4) is 0 Å². The van der Waals surface area contributed by atoms with Crippen LogP contribution in [0.15, 0.2) is 42.5 Å². The van der Waals surface area contributed by atoms with E-state index < -0.39 is 5.92 Å². The molecule has 7 heteroatoms. The minimum atomic E-state index is -0.402. The maximum absolute atomic E-state index is 12.8. The summed E-state index contributed by atoms with van der Waals surface area (Å²) in [5, 5.41) is 2.99. The molecule has 2 heterocycles. The lowest BCUT2D eigenvalue weighted by atomic mass is 10.1. The summed E-state index contributed by atoms with van der Waals surface area (Å²) < 4.78 is 10.6. The summed E-state index contributed by atoms with van der Waals surface area (Å²) in [5.74, 6) is 0.536. The number of benzene rings is 2. The van der Waals surface area contributed by atoms with E-state index in [0.717, 1.165) is 24.5 Å². The van der Waals surface area contributed by atoms with Crippen LogP contribution >= 0.6 is 0 Å². The molecule has 30 heavy (non-hydrogen) atoms. The van der Waals surface area contributed by atoms with Crippen LogP contribution in [0, 0.1) is 5.92 Å². The monoisotopic (exact) mass is 409 g/mol. The number of amides is 2. The van der Waals surface area contributed by atoms with E-state index in [2.05, 4.69) is 16.3 Å². The van der Waals surface area contributed by atoms with Gasteiger partial charge in [-0.3, -0.25) is 9.59 Å². The molecule has 2 saturated heterocycles. The van der Waals surface area contributed by atoms with Gasteiger partial charge < -0.3 is 24.6 Å². The van der Waals surface area contributed by atoms with Crippen LogP contribution in [0.25, 0.3) is 0 Å². The molecule has 158 valence electrons. The third kappa shape index (κ3) is 4.06. The predicted molar refractivity (Wildman–Crippen MR) is 117 cm³/mol. The van der Waals surface area contributed by atoms with Gasteiger partial charge in [0.1, 0.15) is 0 Å². The zero-order chi connectivity index (χ0) is 21.1. The second kappa shape index (κ2) is 8.65. The van der Waals surface area contributed by atoms with Crippen LogP contribution in [0.4, 0.5) is 17.1 Å². The Morgan fingerprint density at radius 2 is 1.77 bits per heavy atom. The van der Waals surface area contributed by atoms with Gasteiger partial charge in [0.25, 0.3) is 0 Å². The van der Waals surface area contributed by atoms with E-state index >= 15 is 0 Å². The number of anilines is 3. The molecule has 0 saturated carbocycles. The summed E-state index contributed by atoms with van der Waals surface area (Å²) in [7, 11) is 3.12. The number of nitrogens with one attached hydrogen (secondary N) is 1. The van der Waals surface area contributed by atoms with E-state index in [1.807, 2.05) is 18.2 Å². The fourth-order valence-corrected chi connectivity index (χ4v) is 4.13. The van der Waals surface area contributed by atoms with Crippen molar-refractivity contribution in [2.24, 2.45) is 5.92 Å². The largest absolute Gasteiger partial charge is 0.493 e. The molecule has 0 radical (unpaired) electrons. The first kappa shape index (κ1) is 20.1. The van der Waals surface area contributed by atoms with Crippen LogP contribution in [0.1, 0.15) is 19.3 Å². The average Bonchev–Trinajstić information content (AvgIpc) is 3.43. The SMILES string of the molecule is COc1ccc(N2CC(C(=O)Nc3cccc(N4CCCC4)c3)CC2=O)cc1OC. The first-order chi connectivity index (χ1) is 14.6. The number of carbonyl (C=O) groups is 2. The molecule has 1 N–H and O–H groups in total. The lowest BCUT2D eigenvalue weighted by molar-refractivity contribution is -0.122. The maximum atomic E-state index is 12.8. The zero-order valence-corrected chi connectivity index (χ0v) is 17.4. The Hall–Kier alpha value is -3.22. The normalized spacial score (nSPS) is 18.6. The van der Waals surface area contributed by atoms with Crippen molar-refractivity contribution in [3.63, 3.8) is 0 Å². The van der Waals surface area contributed by atoms with Crippen molar-refractivity contribution in [2.75, 3.05) is 49.0 Å². The number of methoxy groups -OCH3 is 2. The third-order valence-corrected chi connectivity index (χ3v) is 5.76. The minimum Gasteiger partial charge on any atom is -0.493 e. The molecule has 2 aliphatic heterocycles. The van der Waals surface area contributed by atoms with Gasteiger partial charge in [-0.05, 0) is 43.2 Å². The molecule has 2 aliphatic rings. The van der Waals surface area contributed by atoms with Crippen molar-refractivity contribution in [1.29, 1.82) is 0 Å². The topological polar surface area (TPSA) is 71.1 Å². The maximum Gasteiger partial charge on any atom is 0.229 e. The van der Waals surface area contributed by atoms with Gasteiger partial charge >= 0.3 is 0 Å². The van der Waals surface area contributed by atoms with Gasteiger partial charge in [0, 0.05) is 49.2 Å². The number of ether oxygens (including phenoxy) is 2. The first-order valence-corrected chi connectivity index (χ1v) is 10.3. The Morgan fingerprint density at radius 3 is 2.50 bits per heavy atom. The fraction of sp³-hybridized carbons (Fsp3) is 0.391. The summed E-state index contributed by atoms with van der Waals surface area (Å²) in [5.41, 5.74) is 2.59. The first-order valence-electron chi connectivity index (χ1n) is 10.3. The predicted octanol–water partition coefficient (Wildman–Crippen LogP) is 3.30. The van der Waals surface area contributed by atoms with Gasteiger partial charge in [-0.15, -0.1) is 0 Å². The van der Waals surface area contributed by atoms with E-state index in [1.165, 1.54) is 12.8 Å². The van der Waals surface area contributed by atoms with Gasteiger partial charge in [0.15, 0.2) is 11.5 Å². The third-order valence-electron chi connectivity index (χ3n) is 5.76. The average molecular weight is 409 g/mol. The van der Waals surface area contributed by atoms with Gasteiger partial charge in [-0.1, -0.05) is 6.07 Å². The quantitative estimate of drug-likeness (QED) is 0.793. The van der Waals surface area contributed by atoms with E-state index in [0.29, 0.717) is 23.7 Å². The fourth-order valence-electron chi connectivity index (χ4n) is 4.13. The summed E-state index contributed by atoms with van der Waals surface area (Å²) in [6, 6.07) is 13.2. The summed E-state index contributed by atoms with van der Waals surface area (Å²) in [6.45, 7) is 2.44. The second-order valence-electron chi connectivity index (χ2n) is 7.68. The molecule has 0 aliphatic carbocycles. The van der Waals surface area contributed by atoms with Gasteiger partial charge in [-0.2, -0.15) is 0 Å². The van der Waals surface area contributed by atoms with Crippen molar-refractivity contribution >= 4 is 28.9 Å². The van der Waals surface area contributed by atoms with E-state index in [4.69, 9.17) is 9.47 Å². The number of hydrogen-bond donors (Lipinski definition) is 1. The second-order valence-corrected chi connectivity index (χ2v) is 7.68. The van der Waals surface area contributed by atoms with Crippen LogP contribution in [-0.4, -0.2) is 45.7 Å². The van der Waals surface area contributed by atoms with Crippen molar-refractivity contribution < 1.29 is 19.1 Å². The number of carbonyl (C=O) groups excluding carboxylic acids is 2. The molecule has 4 rings (SSSR count). The summed E-state index contributed by atoms with van der Waals surface area (Å²) in [6.07, 6.45) is 2.59. The van der Waals surface area contributed by atoms with Gasteiger partial charge in [-0.25, -0.2) is 0 Å². The molecule has 7 nitrogen and oxygen atoms in total. The lowest BCUT2D eigenvalue weighted by Gasteiger charge is -2.19. The van der Waals surface area contributed by atoms with Crippen molar-refractivity contribution in [3.05, 3.63) is 42.5 Å². The Kier molecular flexibility index (Phi) is 5.79. The highest BCUT2D eigenvalue weighted by Crippen LogP contribution is 2.34. The van der Waals surface area contributed by atoms with E-state index in [1.54, 1.807) is 37.3 Å². The van der Waals surface area contributed by atoms with Gasteiger partial charge in [0.2, 0.25) is 11.8 Å². The molecule has 0 bridgehead atoms. The smallest absolute Gasteiger partial charge is 0.229 e. The molecule has 2 fully saturated rings. The highest BCUT2D eigenvalue weighted by Gasteiger charge is 2.35. The van der Waals surface area contributed by atoms with Crippen LogP contribution < -0.4 is 24.6 Å². The molecule has 2 aromatic rings. The number of rotatable bonds is 6.